The predicted molar refractivity (Wildman–Crippen MR) is 49.5 cm³/mol. The molecule has 1 saturated carbocycles. The molecule has 1 aliphatic carbocycles. The van der Waals surface area contributed by atoms with E-state index in [1.54, 1.807) is 0 Å². The predicted octanol–water partition coefficient (Wildman–Crippen LogP) is 0.526. The van der Waals surface area contributed by atoms with Crippen LogP contribution in [0.4, 0.5) is 0 Å². The lowest BCUT2D eigenvalue weighted by molar-refractivity contribution is -0.157. The van der Waals surface area contributed by atoms with Crippen molar-refractivity contribution in [3.63, 3.8) is 0 Å². The van der Waals surface area contributed by atoms with Crippen molar-refractivity contribution >= 4 is 11.8 Å². The Morgan fingerprint density at radius 2 is 2.29 bits per heavy atom. The largest absolute Gasteiger partial charge is 0.467 e. The highest BCUT2D eigenvalue weighted by molar-refractivity contribution is 5.88. The molecule has 0 aromatic carbocycles. The maximum Gasteiger partial charge on any atom is 0.335 e. The first kappa shape index (κ1) is 11.2. The zero-order valence-electron chi connectivity index (χ0n) is 8.53. The van der Waals surface area contributed by atoms with Gasteiger partial charge in [-0.2, -0.15) is 0 Å². The molecule has 0 radical (unpaired) electrons. The molecule has 1 aliphatic rings. The second-order valence-corrected chi connectivity index (χ2v) is 3.92. The maximum absolute atomic E-state index is 11.4. The van der Waals surface area contributed by atoms with E-state index >= 15 is 0 Å². The molecule has 14 heavy (non-hydrogen) atoms. The lowest BCUT2D eigenvalue weighted by atomic mass is 9.78. The van der Waals surface area contributed by atoms with E-state index in [1.807, 2.05) is 6.92 Å². The Labute approximate surface area is 83.2 Å². The molecule has 0 unspecified atom stereocenters. The van der Waals surface area contributed by atoms with Crippen molar-refractivity contribution < 1.29 is 19.4 Å². The first-order chi connectivity index (χ1) is 6.56. The van der Waals surface area contributed by atoms with Gasteiger partial charge in [0.05, 0.1) is 13.0 Å². The minimum absolute atomic E-state index is 0.0269. The average Bonchev–Trinajstić information content (AvgIpc) is 2.19. The van der Waals surface area contributed by atoms with E-state index < -0.39 is 18.0 Å². The van der Waals surface area contributed by atoms with Crippen LogP contribution >= 0.6 is 0 Å². The van der Waals surface area contributed by atoms with Crippen LogP contribution < -0.4 is 0 Å². The molecule has 0 spiro atoms. The van der Waals surface area contributed by atoms with Crippen molar-refractivity contribution in [3.05, 3.63) is 0 Å². The lowest BCUT2D eigenvalue weighted by Gasteiger charge is -2.27. The minimum atomic E-state index is -1.28. The number of Topliss-reactive ketones (excluding diaryl/α,β-unsaturated/α-hetero) is 1. The van der Waals surface area contributed by atoms with E-state index in [-0.39, 0.29) is 5.78 Å². The quantitative estimate of drug-likeness (QED) is 0.660. The highest BCUT2D eigenvalue weighted by atomic mass is 16.5. The summed E-state index contributed by atoms with van der Waals surface area (Å²) >= 11 is 0. The standard InChI is InChI=1S/C10H16O4/c1-6-3-4-8(11)7(5-6)9(12)10(13)14-2/h6-7,9,12H,3-5H2,1-2H3/t6-,7+,9+/m0/s1. The number of carbonyl (C=O) groups is 2. The fourth-order valence-corrected chi connectivity index (χ4v) is 1.85. The summed E-state index contributed by atoms with van der Waals surface area (Å²) in [7, 11) is 1.21. The van der Waals surface area contributed by atoms with Crippen LogP contribution in [0.1, 0.15) is 26.2 Å². The highest BCUT2D eigenvalue weighted by Crippen LogP contribution is 2.28. The molecule has 4 nitrogen and oxygen atoms in total. The third kappa shape index (κ3) is 2.32. The zero-order chi connectivity index (χ0) is 10.7. The summed E-state index contributed by atoms with van der Waals surface area (Å²) in [4.78, 5) is 22.5. The van der Waals surface area contributed by atoms with Gasteiger partial charge < -0.3 is 9.84 Å². The second kappa shape index (κ2) is 4.55. The number of ether oxygens (including phenoxy) is 1. The molecule has 3 atom stereocenters. The summed E-state index contributed by atoms with van der Waals surface area (Å²) < 4.78 is 4.41. The number of carbonyl (C=O) groups excluding carboxylic acids is 2. The maximum atomic E-state index is 11.4. The topological polar surface area (TPSA) is 63.6 Å². The molecule has 0 saturated heterocycles. The van der Waals surface area contributed by atoms with Crippen molar-refractivity contribution in [2.75, 3.05) is 7.11 Å². The molecular weight excluding hydrogens is 184 g/mol. The van der Waals surface area contributed by atoms with E-state index in [0.29, 0.717) is 18.8 Å². The Balaban J connectivity index is 2.64. The Bertz CT molecular complexity index is 236. The third-order valence-corrected chi connectivity index (χ3v) is 2.78. The Morgan fingerprint density at radius 1 is 1.64 bits per heavy atom. The number of esters is 1. The molecule has 0 heterocycles. The smallest absolute Gasteiger partial charge is 0.335 e. The van der Waals surface area contributed by atoms with Crippen molar-refractivity contribution in [2.45, 2.75) is 32.3 Å². The molecule has 1 rings (SSSR count). The number of hydrogen-bond donors (Lipinski definition) is 1. The van der Waals surface area contributed by atoms with Gasteiger partial charge in [-0.25, -0.2) is 4.79 Å². The third-order valence-electron chi connectivity index (χ3n) is 2.78. The van der Waals surface area contributed by atoms with Crippen LogP contribution in [0.15, 0.2) is 0 Å². The van der Waals surface area contributed by atoms with Crippen LogP contribution in [-0.2, 0) is 14.3 Å². The fraction of sp³-hybridized carbons (Fsp3) is 0.800. The fourth-order valence-electron chi connectivity index (χ4n) is 1.85. The number of rotatable bonds is 2. The molecule has 1 fully saturated rings. The zero-order valence-corrected chi connectivity index (χ0v) is 8.53. The van der Waals surface area contributed by atoms with Crippen molar-refractivity contribution in [1.29, 1.82) is 0 Å². The molecule has 4 heteroatoms. The van der Waals surface area contributed by atoms with Crippen LogP contribution in [0.2, 0.25) is 0 Å². The van der Waals surface area contributed by atoms with E-state index in [2.05, 4.69) is 4.74 Å². The van der Waals surface area contributed by atoms with Crippen molar-refractivity contribution in [1.82, 2.24) is 0 Å². The molecule has 0 bridgehead atoms. The number of aliphatic hydroxyl groups is 1. The second-order valence-electron chi connectivity index (χ2n) is 3.92. The molecule has 80 valence electrons. The Hall–Kier alpha value is -0.900. The van der Waals surface area contributed by atoms with Gasteiger partial charge in [0.2, 0.25) is 0 Å². The van der Waals surface area contributed by atoms with Gasteiger partial charge in [-0.15, -0.1) is 0 Å². The summed E-state index contributed by atoms with van der Waals surface area (Å²) in [6.07, 6.45) is 0.605. The van der Waals surface area contributed by atoms with Crippen molar-refractivity contribution in [3.8, 4) is 0 Å². The molecular formula is C10H16O4. The lowest BCUT2D eigenvalue weighted by Crippen LogP contribution is -2.39. The molecule has 1 N–H and O–H groups in total. The van der Waals surface area contributed by atoms with Gasteiger partial charge in [-0.05, 0) is 18.8 Å². The van der Waals surface area contributed by atoms with Gasteiger partial charge >= 0.3 is 5.97 Å². The van der Waals surface area contributed by atoms with Gasteiger partial charge in [-0.3, -0.25) is 4.79 Å². The van der Waals surface area contributed by atoms with E-state index in [9.17, 15) is 14.7 Å². The van der Waals surface area contributed by atoms with Crippen LogP contribution in [-0.4, -0.2) is 30.1 Å². The van der Waals surface area contributed by atoms with Gasteiger partial charge in [0.25, 0.3) is 0 Å². The first-order valence-electron chi connectivity index (χ1n) is 4.85. The van der Waals surface area contributed by atoms with Gasteiger partial charge in [0.15, 0.2) is 6.10 Å². The van der Waals surface area contributed by atoms with Gasteiger partial charge in [-0.1, -0.05) is 6.92 Å². The van der Waals surface area contributed by atoms with Crippen LogP contribution in [0.3, 0.4) is 0 Å². The highest BCUT2D eigenvalue weighted by Gasteiger charge is 2.36. The molecule has 0 aromatic heterocycles. The molecule has 0 aliphatic heterocycles. The summed E-state index contributed by atoms with van der Waals surface area (Å²) in [5.41, 5.74) is 0. The van der Waals surface area contributed by atoms with Crippen LogP contribution in [0.25, 0.3) is 0 Å². The summed E-state index contributed by atoms with van der Waals surface area (Å²) in [6.45, 7) is 2.02. The minimum Gasteiger partial charge on any atom is -0.467 e. The monoisotopic (exact) mass is 200 g/mol. The molecule has 0 amide bonds. The van der Waals surface area contributed by atoms with E-state index in [0.717, 1.165) is 6.42 Å². The Morgan fingerprint density at radius 3 is 2.86 bits per heavy atom. The van der Waals surface area contributed by atoms with Gasteiger partial charge in [0, 0.05) is 6.42 Å². The first-order valence-corrected chi connectivity index (χ1v) is 4.85. The van der Waals surface area contributed by atoms with Gasteiger partial charge in [0.1, 0.15) is 5.78 Å². The summed E-state index contributed by atoms with van der Waals surface area (Å²) in [6, 6.07) is 0. The van der Waals surface area contributed by atoms with Crippen molar-refractivity contribution in [2.24, 2.45) is 11.8 Å². The summed E-state index contributed by atoms with van der Waals surface area (Å²) in [5.74, 6) is -0.915. The number of aliphatic hydroxyl groups excluding tert-OH is 1. The van der Waals surface area contributed by atoms with Crippen LogP contribution in [0, 0.1) is 11.8 Å². The van der Waals surface area contributed by atoms with E-state index in [1.165, 1.54) is 7.11 Å². The number of methoxy groups -OCH3 is 1. The number of ketones is 1. The van der Waals surface area contributed by atoms with E-state index in [4.69, 9.17) is 0 Å². The average molecular weight is 200 g/mol. The SMILES string of the molecule is COC(=O)[C@H](O)[C@@H]1C[C@@H](C)CCC1=O. The molecule has 0 aromatic rings. The normalized spacial score (nSPS) is 29.8. The Kier molecular flexibility index (Phi) is 3.63. The van der Waals surface area contributed by atoms with Crippen LogP contribution in [0.5, 0.6) is 0 Å². The number of hydrogen-bond acceptors (Lipinski definition) is 4. The summed E-state index contributed by atoms with van der Waals surface area (Å²) in [5, 5.41) is 9.54.